The van der Waals surface area contributed by atoms with Gasteiger partial charge >= 0.3 is 0 Å². The summed E-state index contributed by atoms with van der Waals surface area (Å²) < 4.78 is 7.90. The highest BCUT2D eigenvalue weighted by atomic mass is 79.9. The average Bonchev–Trinajstić information content (AvgIpc) is 3.09. The van der Waals surface area contributed by atoms with Gasteiger partial charge in [0.25, 0.3) is 0 Å². The van der Waals surface area contributed by atoms with Crippen molar-refractivity contribution < 1.29 is 4.74 Å². The zero-order valence-electron chi connectivity index (χ0n) is 13.8. The van der Waals surface area contributed by atoms with Crippen LogP contribution in [0.2, 0.25) is 0 Å². The molecule has 4 heteroatoms. The van der Waals surface area contributed by atoms with Crippen LogP contribution >= 0.6 is 31.9 Å². The van der Waals surface area contributed by atoms with Crippen molar-refractivity contribution in [2.75, 3.05) is 19.6 Å². The third-order valence-electron chi connectivity index (χ3n) is 4.29. The van der Waals surface area contributed by atoms with Gasteiger partial charge in [0.05, 0.1) is 4.47 Å². The van der Waals surface area contributed by atoms with Crippen molar-refractivity contribution in [2.24, 2.45) is 0 Å². The SMILES string of the molecule is C/C(=C/CN1CCCC1)c1ccc(Oc2ccc(Br)cc2Br)cc1. The lowest BCUT2D eigenvalue weighted by Crippen LogP contribution is -2.18. The summed E-state index contributed by atoms with van der Waals surface area (Å²) in [6, 6.07) is 14.2. The van der Waals surface area contributed by atoms with Gasteiger partial charge in [0.2, 0.25) is 0 Å². The number of likely N-dealkylation sites (tertiary alicyclic amines) is 1. The number of allylic oxidation sites excluding steroid dienone is 1. The van der Waals surface area contributed by atoms with Crippen LogP contribution in [0.5, 0.6) is 11.5 Å². The smallest absolute Gasteiger partial charge is 0.141 e. The minimum atomic E-state index is 0.812. The molecule has 1 aliphatic heterocycles. The van der Waals surface area contributed by atoms with Crippen molar-refractivity contribution in [3.8, 4) is 11.5 Å². The van der Waals surface area contributed by atoms with Crippen molar-refractivity contribution in [3.05, 3.63) is 63.0 Å². The Morgan fingerprint density at radius 1 is 1.08 bits per heavy atom. The van der Waals surface area contributed by atoms with Crippen molar-refractivity contribution in [3.63, 3.8) is 0 Å². The van der Waals surface area contributed by atoms with Crippen LogP contribution in [-0.2, 0) is 0 Å². The van der Waals surface area contributed by atoms with Crippen molar-refractivity contribution in [1.29, 1.82) is 0 Å². The van der Waals surface area contributed by atoms with E-state index < -0.39 is 0 Å². The van der Waals surface area contributed by atoms with E-state index in [0.29, 0.717) is 0 Å². The zero-order valence-corrected chi connectivity index (χ0v) is 16.9. The van der Waals surface area contributed by atoms with E-state index in [1.807, 2.05) is 30.3 Å². The van der Waals surface area contributed by atoms with Crippen molar-refractivity contribution >= 4 is 37.4 Å². The molecule has 0 N–H and O–H groups in total. The molecule has 0 bridgehead atoms. The minimum absolute atomic E-state index is 0.812. The van der Waals surface area contributed by atoms with Crippen LogP contribution in [0.1, 0.15) is 25.3 Å². The molecular weight excluding hydrogens is 430 g/mol. The van der Waals surface area contributed by atoms with Gasteiger partial charge in [0.1, 0.15) is 11.5 Å². The lowest BCUT2D eigenvalue weighted by atomic mass is 10.1. The molecule has 24 heavy (non-hydrogen) atoms. The highest BCUT2D eigenvalue weighted by Crippen LogP contribution is 2.32. The van der Waals surface area contributed by atoms with Gasteiger partial charge in [-0.3, -0.25) is 4.90 Å². The largest absolute Gasteiger partial charge is 0.456 e. The predicted octanol–water partition coefficient (Wildman–Crippen LogP) is 6.50. The quantitative estimate of drug-likeness (QED) is 0.515. The fraction of sp³-hybridized carbons (Fsp3) is 0.300. The molecule has 1 heterocycles. The van der Waals surface area contributed by atoms with Gasteiger partial charge in [0.15, 0.2) is 0 Å². The summed E-state index contributed by atoms with van der Waals surface area (Å²) in [5.74, 6) is 1.65. The second-order valence-corrected chi connectivity index (χ2v) is 7.87. The first kappa shape index (κ1) is 17.7. The summed E-state index contributed by atoms with van der Waals surface area (Å²) in [5.41, 5.74) is 2.56. The van der Waals surface area contributed by atoms with Gasteiger partial charge < -0.3 is 4.74 Å². The molecule has 2 nitrogen and oxygen atoms in total. The summed E-state index contributed by atoms with van der Waals surface area (Å²) >= 11 is 6.98. The van der Waals surface area contributed by atoms with E-state index >= 15 is 0 Å². The maximum atomic E-state index is 5.94. The Hall–Kier alpha value is -1.10. The third-order valence-corrected chi connectivity index (χ3v) is 5.40. The summed E-state index contributed by atoms with van der Waals surface area (Å²) in [6.07, 6.45) is 5.00. The van der Waals surface area contributed by atoms with Crippen molar-refractivity contribution in [2.45, 2.75) is 19.8 Å². The molecule has 1 saturated heterocycles. The van der Waals surface area contributed by atoms with Crippen LogP contribution in [-0.4, -0.2) is 24.5 Å². The fourth-order valence-corrected chi connectivity index (χ4v) is 3.95. The highest BCUT2D eigenvalue weighted by molar-refractivity contribution is 9.11. The average molecular weight is 451 g/mol. The number of hydrogen-bond donors (Lipinski definition) is 0. The number of rotatable bonds is 5. The number of hydrogen-bond acceptors (Lipinski definition) is 2. The Kier molecular flexibility index (Phi) is 6.14. The second-order valence-electron chi connectivity index (χ2n) is 6.10. The van der Waals surface area contributed by atoms with Crippen LogP contribution < -0.4 is 4.74 Å². The second kappa shape index (κ2) is 8.32. The molecule has 2 aromatic carbocycles. The van der Waals surface area contributed by atoms with E-state index in [1.165, 1.54) is 37.1 Å². The van der Waals surface area contributed by atoms with E-state index in [-0.39, 0.29) is 0 Å². The molecule has 0 aliphatic carbocycles. The molecule has 2 aromatic rings. The lowest BCUT2D eigenvalue weighted by Gasteiger charge is -2.12. The first-order valence-corrected chi connectivity index (χ1v) is 9.83. The van der Waals surface area contributed by atoms with Crippen molar-refractivity contribution in [1.82, 2.24) is 4.90 Å². The Morgan fingerprint density at radius 2 is 1.79 bits per heavy atom. The van der Waals surface area contributed by atoms with Gasteiger partial charge in [-0.25, -0.2) is 0 Å². The Labute approximate surface area is 160 Å². The Bertz CT molecular complexity index is 719. The van der Waals surface area contributed by atoms with Gasteiger partial charge in [-0.2, -0.15) is 0 Å². The van der Waals surface area contributed by atoms with Gasteiger partial charge in [0, 0.05) is 11.0 Å². The molecule has 0 spiro atoms. The number of nitrogens with zero attached hydrogens (tertiary/aromatic N) is 1. The van der Waals surface area contributed by atoms with Crippen LogP contribution in [0.15, 0.2) is 57.5 Å². The third kappa shape index (κ3) is 4.71. The molecule has 3 rings (SSSR count). The minimum Gasteiger partial charge on any atom is -0.456 e. The fourth-order valence-electron chi connectivity index (χ4n) is 2.82. The highest BCUT2D eigenvalue weighted by Gasteiger charge is 2.09. The van der Waals surface area contributed by atoms with E-state index in [0.717, 1.165) is 27.0 Å². The zero-order chi connectivity index (χ0) is 16.9. The first-order chi connectivity index (χ1) is 11.6. The summed E-state index contributed by atoms with van der Waals surface area (Å²) in [4.78, 5) is 2.51. The molecule has 0 amide bonds. The molecule has 1 fully saturated rings. The van der Waals surface area contributed by atoms with Crippen LogP contribution in [0, 0.1) is 0 Å². The lowest BCUT2D eigenvalue weighted by molar-refractivity contribution is 0.377. The first-order valence-electron chi connectivity index (χ1n) is 8.24. The summed E-state index contributed by atoms with van der Waals surface area (Å²) in [5, 5.41) is 0. The number of benzene rings is 2. The molecule has 0 saturated carbocycles. The number of ether oxygens (including phenoxy) is 1. The monoisotopic (exact) mass is 449 g/mol. The van der Waals surface area contributed by atoms with Gasteiger partial charge in [-0.15, -0.1) is 0 Å². The molecular formula is C20H21Br2NO. The predicted molar refractivity (Wildman–Crippen MR) is 108 cm³/mol. The standard InChI is InChI=1S/C20H21Br2NO/c1-15(10-13-23-11-2-3-12-23)16-4-7-18(8-5-16)24-20-9-6-17(21)14-19(20)22/h4-10,14H,2-3,11-13H2,1H3/b15-10-. The van der Waals surface area contributed by atoms with Crippen LogP contribution in [0.3, 0.4) is 0 Å². The molecule has 126 valence electrons. The maximum absolute atomic E-state index is 5.94. The van der Waals surface area contributed by atoms with Crippen LogP contribution in [0.4, 0.5) is 0 Å². The molecule has 0 atom stereocenters. The maximum Gasteiger partial charge on any atom is 0.141 e. The normalized spacial score (nSPS) is 15.7. The Balaban J connectivity index is 1.65. The van der Waals surface area contributed by atoms with E-state index in [2.05, 4.69) is 61.9 Å². The van der Waals surface area contributed by atoms with E-state index in [9.17, 15) is 0 Å². The van der Waals surface area contributed by atoms with E-state index in [1.54, 1.807) is 0 Å². The van der Waals surface area contributed by atoms with Gasteiger partial charge in [-0.05, 0) is 90.3 Å². The molecule has 1 aliphatic rings. The summed E-state index contributed by atoms with van der Waals surface area (Å²) in [6.45, 7) is 5.70. The van der Waals surface area contributed by atoms with Crippen LogP contribution in [0.25, 0.3) is 5.57 Å². The number of halogens is 2. The van der Waals surface area contributed by atoms with Gasteiger partial charge in [-0.1, -0.05) is 34.1 Å². The Morgan fingerprint density at radius 3 is 2.46 bits per heavy atom. The summed E-state index contributed by atoms with van der Waals surface area (Å²) in [7, 11) is 0. The topological polar surface area (TPSA) is 12.5 Å². The molecule has 0 aromatic heterocycles. The molecule has 0 unspecified atom stereocenters. The molecule has 0 radical (unpaired) electrons. The van der Waals surface area contributed by atoms with E-state index in [4.69, 9.17) is 4.74 Å².